The molecule has 0 saturated heterocycles. The van der Waals surface area contributed by atoms with E-state index in [1.54, 1.807) is 18.2 Å². The minimum Gasteiger partial charge on any atom is -0.487 e. The fraction of sp³-hybridized carbons (Fsp3) is 0.130. The molecule has 0 spiro atoms. The molecule has 0 radical (unpaired) electrons. The number of hydrogen-bond acceptors (Lipinski definition) is 3. The van der Waals surface area contributed by atoms with Crippen molar-refractivity contribution >= 4 is 34.8 Å². The Balaban J connectivity index is 1.46. The van der Waals surface area contributed by atoms with Gasteiger partial charge in [-0.1, -0.05) is 66.2 Å². The number of hydrazine groups is 1. The summed E-state index contributed by atoms with van der Waals surface area (Å²) in [6, 6.07) is 24.3. The zero-order valence-corrected chi connectivity index (χ0v) is 18.0. The number of para-hydroxylation sites is 1. The molecule has 5 nitrogen and oxygen atoms in total. The Morgan fingerprint density at radius 2 is 1.63 bits per heavy atom. The molecule has 0 heterocycles. The third-order valence-electron chi connectivity index (χ3n) is 4.38. The summed E-state index contributed by atoms with van der Waals surface area (Å²) in [6.07, 6.45) is 0. The molecule has 0 fully saturated rings. The van der Waals surface area contributed by atoms with Gasteiger partial charge in [0.05, 0.1) is 11.1 Å². The van der Waals surface area contributed by atoms with Crippen LogP contribution in [0.1, 0.15) is 34.5 Å². The fourth-order valence-electron chi connectivity index (χ4n) is 2.72. The largest absolute Gasteiger partial charge is 0.487 e. The highest BCUT2D eigenvalue weighted by atomic mass is 35.5. The van der Waals surface area contributed by atoms with Crippen molar-refractivity contribution in [2.45, 2.75) is 19.6 Å². The molecule has 0 aliphatic heterocycles. The smallest absolute Gasteiger partial charge is 0.269 e. The van der Waals surface area contributed by atoms with Gasteiger partial charge in [-0.3, -0.25) is 15.6 Å². The molecule has 0 aliphatic rings. The predicted octanol–water partition coefficient (Wildman–Crippen LogP) is 4.79. The predicted molar refractivity (Wildman–Crippen MR) is 123 cm³/mol. The highest BCUT2D eigenvalue weighted by molar-refractivity contribution is 7.80. The van der Waals surface area contributed by atoms with Crippen LogP contribution in [0.15, 0.2) is 78.9 Å². The normalized spacial score (nSPS) is 11.3. The number of halogens is 1. The van der Waals surface area contributed by atoms with Gasteiger partial charge in [0.1, 0.15) is 12.4 Å². The van der Waals surface area contributed by atoms with Crippen molar-refractivity contribution in [1.29, 1.82) is 0 Å². The highest BCUT2D eigenvalue weighted by Gasteiger charge is 2.09. The molecule has 3 rings (SSSR count). The van der Waals surface area contributed by atoms with Crippen LogP contribution in [0.3, 0.4) is 0 Å². The number of thiocarbonyl (C=S) groups is 1. The Hall–Kier alpha value is -3.09. The standard InChI is InChI=1S/C23H22ClN3O2S/c1-16(18-7-3-2-4-8-18)25-23(30)27-26-22(28)19-13-11-17(12-14-19)15-29-21-10-6-5-9-20(21)24/h2-14,16H,15H2,1H3,(H,26,28)(H2,25,27,30). The zero-order valence-electron chi connectivity index (χ0n) is 16.4. The van der Waals surface area contributed by atoms with Crippen LogP contribution in [-0.4, -0.2) is 11.0 Å². The molecule has 0 saturated carbocycles. The third-order valence-corrected chi connectivity index (χ3v) is 4.92. The van der Waals surface area contributed by atoms with Gasteiger partial charge in [0.15, 0.2) is 5.11 Å². The summed E-state index contributed by atoms with van der Waals surface area (Å²) in [7, 11) is 0. The van der Waals surface area contributed by atoms with Crippen molar-refractivity contribution in [2.24, 2.45) is 0 Å². The summed E-state index contributed by atoms with van der Waals surface area (Å²) in [6.45, 7) is 2.35. The number of carbonyl (C=O) groups excluding carboxylic acids is 1. The van der Waals surface area contributed by atoms with Crippen molar-refractivity contribution in [2.75, 3.05) is 0 Å². The van der Waals surface area contributed by atoms with Crippen LogP contribution in [0, 0.1) is 0 Å². The lowest BCUT2D eigenvalue weighted by atomic mass is 10.1. The summed E-state index contributed by atoms with van der Waals surface area (Å²) in [4.78, 5) is 12.3. The van der Waals surface area contributed by atoms with Gasteiger partial charge in [0, 0.05) is 5.56 Å². The minimum absolute atomic E-state index is 0.0144. The van der Waals surface area contributed by atoms with Crippen molar-refractivity contribution in [3.8, 4) is 5.75 Å². The third kappa shape index (κ3) is 6.20. The molecular formula is C23H22ClN3O2S. The van der Waals surface area contributed by atoms with E-state index in [1.165, 1.54) is 0 Å². The Kier molecular flexibility index (Phi) is 7.65. The average Bonchev–Trinajstić information content (AvgIpc) is 2.78. The molecule has 154 valence electrons. The maximum atomic E-state index is 12.3. The lowest BCUT2D eigenvalue weighted by Crippen LogP contribution is -2.47. The molecule has 7 heteroatoms. The highest BCUT2D eigenvalue weighted by Crippen LogP contribution is 2.24. The van der Waals surface area contributed by atoms with E-state index in [0.29, 0.717) is 28.1 Å². The van der Waals surface area contributed by atoms with E-state index in [0.717, 1.165) is 11.1 Å². The molecule has 3 N–H and O–H groups in total. The topological polar surface area (TPSA) is 62.4 Å². The van der Waals surface area contributed by atoms with Gasteiger partial charge < -0.3 is 10.1 Å². The summed E-state index contributed by atoms with van der Waals surface area (Å²) in [5.74, 6) is 0.334. The molecule has 1 unspecified atom stereocenters. The monoisotopic (exact) mass is 439 g/mol. The van der Waals surface area contributed by atoms with E-state index in [1.807, 2.05) is 67.6 Å². The van der Waals surface area contributed by atoms with E-state index >= 15 is 0 Å². The van der Waals surface area contributed by atoms with Crippen molar-refractivity contribution < 1.29 is 9.53 Å². The van der Waals surface area contributed by atoms with Crippen LogP contribution >= 0.6 is 23.8 Å². The molecule has 30 heavy (non-hydrogen) atoms. The lowest BCUT2D eigenvalue weighted by Gasteiger charge is -2.17. The number of ether oxygens (including phenoxy) is 1. The van der Waals surface area contributed by atoms with Gasteiger partial charge >= 0.3 is 0 Å². The maximum absolute atomic E-state index is 12.3. The second kappa shape index (κ2) is 10.6. The van der Waals surface area contributed by atoms with Crippen LogP contribution in [0.4, 0.5) is 0 Å². The first-order valence-electron chi connectivity index (χ1n) is 9.41. The summed E-state index contributed by atoms with van der Waals surface area (Å²) in [5.41, 5.74) is 7.86. The second-order valence-corrected chi connectivity index (χ2v) is 7.42. The summed E-state index contributed by atoms with van der Waals surface area (Å²) < 4.78 is 5.71. The SMILES string of the molecule is CC(NC(=S)NNC(=O)c1ccc(COc2ccccc2Cl)cc1)c1ccccc1. The molecule has 1 amide bonds. The molecule has 0 bridgehead atoms. The van der Waals surface area contributed by atoms with Gasteiger partial charge in [-0.25, -0.2) is 0 Å². The van der Waals surface area contributed by atoms with Crippen molar-refractivity contribution in [3.05, 3.63) is 101 Å². The molecule has 1 atom stereocenters. The van der Waals surface area contributed by atoms with Gasteiger partial charge in [0.25, 0.3) is 5.91 Å². The number of carbonyl (C=O) groups is 1. The fourth-order valence-corrected chi connectivity index (χ4v) is 3.14. The van der Waals surface area contributed by atoms with Crippen LogP contribution in [-0.2, 0) is 6.61 Å². The van der Waals surface area contributed by atoms with Gasteiger partial charge in [-0.15, -0.1) is 0 Å². The Morgan fingerprint density at radius 3 is 2.33 bits per heavy atom. The second-order valence-electron chi connectivity index (χ2n) is 6.60. The number of benzene rings is 3. The van der Waals surface area contributed by atoms with E-state index < -0.39 is 0 Å². The molecular weight excluding hydrogens is 418 g/mol. The van der Waals surface area contributed by atoms with Crippen LogP contribution in [0.25, 0.3) is 0 Å². The minimum atomic E-state index is -0.287. The maximum Gasteiger partial charge on any atom is 0.269 e. The Bertz CT molecular complexity index is 997. The first-order chi connectivity index (χ1) is 14.5. The summed E-state index contributed by atoms with van der Waals surface area (Å²) in [5, 5.41) is 4.03. The van der Waals surface area contributed by atoms with E-state index in [4.69, 9.17) is 28.6 Å². The summed E-state index contributed by atoms with van der Waals surface area (Å²) >= 11 is 11.3. The van der Waals surface area contributed by atoms with E-state index in [2.05, 4.69) is 16.2 Å². The van der Waals surface area contributed by atoms with Crippen molar-refractivity contribution in [3.63, 3.8) is 0 Å². The molecule has 0 aromatic heterocycles. The molecule has 0 aliphatic carbocycles. The molecule has 3 aromatic carbocycles. The van der Waals surface area contributed by atoms with Gasteiger partial charge in [-0.2, -0.15) is 0 Å². The number of hydrogen-bond donors (Lipinski definition) is 3. The average molecular weight is 440 g/mol. The van der Waals surface area contributed by atoms with E-state index in [-0.39, 0.29) is 11.9 Å². The molecule has 3 aromatic rings. The van der Waals surface area contributed by atoms with Crippen LogP contribution < -0.4 is 20.9 Å². The quantitative estimate of drug-likeness (QED) is 0.381. The van der Waals surface area contributed by atoms with E-state index in [9.17, 15) is 4.79 Å². The van der Waals surface area contributed by atoms with Crippen molar-refractivity contribution in [1.82, 2.24) is 16.2 Å². The van der Waals surface area contributed by atoms with Gasteiger partial charge in [0.2, 0.25) is 0 Å². The number of rotatable bonds is 6. The number of amides is 1. The van der Waals surface area contributed by atoms with Crippen LogP contribution in [0.5, 0.6) is 5.75 Å². The number of nitrogens with one attached hydrogen (secondary N) is 3. The van der Waals surface area contributed by atoms with Crippen LogP contribution in [0.2, 0.25) is 5.02 Å². The zero-order chi connectivity index (χ0) is 21.3. The van der Waals surface area contributed by atoms with Gasteiger partial charge in [-0.05, 0) is 54.5 Å². The lowest BCUT2D eigenvalue weighted by molar-refractivity contribution is 0.0943. The Labute approximate surface area is 186 Å². The first-order valence-corrected chi connectivity index (χ1v) is 10.2. The Morgan fingerprint density at radius 1 is 0.967 bits per heavy atom. The first kappa shape index (κ1) is 21.6.